The zero-order chi connectivity index (χ0) is 18.4. The van der Waals surface area contributed by atoms with Crippen molar-refractivity contribution in [2.75, 3.05) is 19.1 Å². The summed E-state index contributed by atoms with van der Waals surface area (Å²) in [6.45, 7) is 3.63. The Morgan fingerprint density at radius 1 is 1.28 bits per heavy atom. The number of aryl methyl sites for hydroxylation is 1. The van der Waals surface area contributed by atoms with Crippen molar-refractivity contribution in [3.8, 4) is 5.69 Å². The number of carbonyl (C=O) groups is 2. The molecule has 0 saturated heterocycles. The standard InChI is InChI=1S/C18H23N3O3S/c1-12-16(13(2)21(20-12)14-8-6-5-7-9-14)17(22)19-15(10-11-25-4)18(23)24-3/h5-9,15H,10-11H2,1-4H3,(H,19,22)/t15-/m0/s1. The molecule has 1 heterocycles. The minimum atomic E-state index is -0.663. The highest BCUT2D eigenvalue weighted by molar-refractivity contribution is 7.98. The van der Waals surface area contributed by atoms with E-state index in [0.29, 0.717) is 17.7 Å². The van der Waals surface area contributed by atoms with E-state index >= 15 is 0 Å². The molecule has 1 N–H and O–H groups in total. The van der Waals surface area contributed by atoms with Crippen molar-refractivity contribution in [3.63, 3.8) is 0 Å². The Labute approximate surface area is 151 Å². The molecule has 0 aliphatic heterocycles. The van der Waals surface area contributed by atoms with E-state index in [9.17, 15) is 9.59 Å². The van der Waals surface area contributed by atoms with E-state index in [1.807, 2.05) is 43.5 Å². The lowest BCUT2D eigenvalue weighted by molar-refractivity contribution is -0.142. The molecular formula is C18H23N3O3S. The smallest absolute Gasteiger partial charge is 0.328 e. The molecule has 2 rings (SSSR count). The molecule has 0 radical (unpaired) electrons. The molecule has 25 heavy (non-hydrogen) atoms. The average Bonchev–Trinajstić information content (AvgIpc) is 2.93. The highest BCUT2D eigenvalue weighted by Gasteiger charge is 2.25. The van der Waals surface area contributed by atoms with Crippen LogP contribution in [0.3, 0.4) is 0 Å². The SMILES string of the molecule is COC(=O)[C@H](CCSC)NC(=O)c1c(C)nn(-c2ccccc2)c1C. The fourth-order valence-corrected chi connectivity index (χ4v) is 3.12. The van der Waals surface area contributed by atoms with Crippen molar-refractivity contribution in [3.05, 3.63) is 47.3 Å². The normalized spacial score (nSPS) is 11.8. The van der Waals surface area contributed by atoms with Crippen molar-refractivity contribution in [1.82, 2.24) is 15.1 Å². The summed E-state index contributed by atoms with van der Waals surface area (Å²) >= 11 is 1.61. The van der Waals surface area contributed by atoms with Gasteiger partial charge in [-0.3, -0.25) is 4.79 Å². The monoisotopic (exact) mass is 361 g/mol. The summed E-state index contributed by atoms with van der Waals surface area (Å²) in [5, 5.41) is 7.26. The van der Waals surface area contributed by atoms with E-state index < -0.39 is 12.0 Å². The fraction of sp³-hybridized carbons (Fsp3) is 0.389. The number of esters is 1. The Hall–Kier alpha value is -2.28. The summed E-state index contributed by atoms with van der Waals surface area (Å²) < 4.78 is 6.53. The van der Waals surface area contributed by atoms with Gasteiger partial charge in [0.15, 0.2) is 0 Å². The second-order valence-electron chi connectivity index (χ2n) is 5.62. The van der Waals surface area contributed by atoms with Crippen molar-refractivity contribution in [2.45, 2.75) is 26.3 Å². The van der Waals surface area contributed by atoms with E-state index in [2.05, 4.69) is 10.4 Å². The molecule has 0 bridgehead atoms. The number of hydrogen-bond acceptors (Lipinski definition) is 5. The Balaban J connectivity index is 2.27. The van der Waals surface area contributed by atoms with Crippen LogP contribution < -0.4 is 5.32 Å². The number of amides is 1. The zero-order valence-electron chi connectivity index (χ0n) is 14.9. The lowest BCUT2D eigenvalue weighted by Gasteiger charge is -2.16. The maximum Gasteiger partial charge on any atom is 0.328 e. The Bertz CT molecular complexity index is 744. The molecule has 0 aliphatic rings. The number of thioether (sulfide) groups is 1. The number of rotatable bonds is 7. The topological polar surface area (TPSA) is 73.2 Å². The number of nitrogens with one attached hydrogen (secondary N) is 1. The number of carbonyl (C=O) groups excluding carboxylic acids is 2. The molecule has 1 aromatic carbocycles. The average molecular weight is 361 g/mol. The number of para-hydroxylation sites is 1. The van der Waals surface area contributed by atoms with Gasteiger partial charge in [-0.25, -0.2) is 9.48 Å². The van der Waals surface area contributed by atoms with Gasteiger partial charge in [0.05, 0.1) is 29.7 Å². The summed E-state index contributed by atoms with van der Waals surface area (Å²) in [5.74, 6) is 0.00298. The van der Waals surface area contributed by atoms with E-state index in [1.54, 1.807) is 23.4 Å². The maximum absolute atomic E-state index is 12.7. The summed E-state index contributed by atoms with van der Waals surface area (Å²) in [6, 6.07) is 8.95. The zero-order valence-corrected chi connectivity index (χ0v) is 15.7. The molecule has 0 fully saturated rings. The lowest BCUT2D eigenvalue weighted by atomic mass is 10.1. The Kier molecular flexibility index (Phi) is 6.64. The van der Waals surface area contributed by atoms with Crippen LogP contribution in [-0.2, 0) is 9.53 Å². The van der Waals surface area contributed by atoms with Crippen LogP contribution in [0.4, 0.5) is 0 Å². The van der Waals surface area contributed by atoms with Crippen molar-refractivity contribution in [2.24, 2.45) is 0 Å². The van der Waals surface area contributed by atoms with Crippen molar-refractivity contribution >= 4 is 23.6 Å². The first-order valence-electron chi connectivity index (χ1n) is 7.98. The molecule has 1 atom stereocenters. The number of benzene rings is 1. The van der Waals surface area contributed by atoms with Crippen LogP contribution in [0.2, 0.25) is 0 Å². The van der Waals surface area contributed by atoms with Gasteiger partial charge in [-0.05, 0) is 44.4 Å². The minimum Gasteiger partial charge on any atom is -0.467 e. The van der Waals surface area contributed by atoms with E-state index in [1.165, 1.54) is 7.11 Å². The van der Waals surface area contributed by atoms with Gasteiger partial charge in [0.2, 0.25) is 0 Å². The number of methoxy groups -OCH3 is 1. The number of nitrogens with zero attached hydrogens (tertiary/aromatic N) is 2. The van der Waals surface area contributed by atoms with Gasteiger partial charge in [-0.1, -0.05) is 18.2 Å². The summed E-state index contributed by atoms with van der Waals surface area (Å²) in [5.41, 5.74) is 2.72. The van der Waals surface area contributed by atoms with Gasteiger partial charge in [-0.2, -0.15) is 16.9 Å². The second kappa shape index (κ2) is 8.71. The molecule has 1 amide bonds. The summed E-state index contributed by atoms with van der Waals surface area (Å²) in [4.78, 5) is 24.7. The molecule has 1 aromatic heterocycles. The Morgan fingerprint density at radius 3 is 2.56 bits per heavy atom. The minimum absolute atomic E-state index is 0.311. The maximum atomic E-state index is 12.7. The van der Waals surface area contributed by atoms with Crippen LogP contribution in [-0.4, -0.2) is 46.8 Å². The molecule has 6 nitrogen and oxygen atoms in total. The first kappa shape index (κ1) is 19.1. The molecule has 134 valence electrons. The fourth-order valence-electron chi connectivity index (χ4n) is 2.65. The third-order valence-corrected chi connectivity index (χ3v) is 4.56. The van der Waals surface area contributed by atoms with Crippen LogP contribution >= 0.6 is 11.8 Å². The quantitative estimate of drug-likeness (QED) is 0.767. The van der Waals surface area contributed by atoms with Crippen LogP contribution in [0, 0.1) is 13.8 Å². The first-order chi connectivity index (χ1) is 12.0. The van der Waals surface area contributed by atoms with Gasteiger partial charge >= 0.3 is 5.97 Å². The number of aromatic nitrogens is 2. The molecule has 2 aromatic rings. The van der Waals surface area contributed by atoms with Crippen LogP contribution in [0.15, 0.2) is 30.3 Å². The van der Waals surface area contributed by atoms with Crippen molar-refractivity contribution < 1.29 is 14.3 Å². The van der Waals surface area contributed by atoms with Crippen LogP contribution in [0.1, 0.15) is 28.2 Å². The van der Waals surface area contributed by atoms with Crippen LogP contribution in [0.25, 0.3) is 5.69 Å². The van der Waals surface area contributed by atoms with E-state index in [-0.39, 0.29) is 5.91 Å². The molecule has 0 spiro atoms. The summed E-state index contributed by atoms with van der Waals surface area (Å²) in [6.07, 6.45) is 2.47. The van der Waals surface area contributed by atoms with Gasteiger partial charge in [-0.15, -0.1) is 0 Å². The van der Waals surface area contributed by atoms with Crippen molar-refractivity contribution in [1.29, 1.82) is 0 Å². The molecule has 0 saturated carbocycles. The third-order valence-electron chi connectivity index (χ3n) is 3.92. The van der Waals surface area contributed by atoms with Gasteiger partial charge < -0.3 is 10.1 Å². The first-order valence-corrected chi connectivity index (χ1v) is 9.38. The van der Waals surface area contributed by atoms with E-state index in [0.717, 1.165) is 17.1 Å². The molecule has 0 aliphatic carbocycles. The van der Waals surface area contributed by atoms with Gasteiger partial charge in [0, 0.05) is 0 Å². The number of ether oxygens (including phenoxy) is 1. The molecule has 0 unspecified atom stereocenters. The molecular weight excluding hydrogens is 338 g/mol. The lowest BCUT2D eigenvalue weighted by Crippen LogP contribution is -2.42. The highest BCUT2D eigenvalue weighted by Crippen LogP contribution is 2.18. The molecule has 7 heteroatoms. The predicted octanol–water partition coefficient (Wildman–Crippen LogP) is 2.51. The Morgan fingerprint density at radius 2 is 1.96 bits per heavy atom. The predicted molar refractivity (Wildman–Crippen MR) is 99.3 cm³/mol. The third kappa shape index (κ3) is 4.42. The highest BCUT2D eigenvalue weighted by atomic mass is 32.2. The van der Waals surface area contributed by atoms with E-state index in [4.69, 9.17) is 4.74 Å². The second-order valence-corrected chi connectivity index (χ2v) is 6.61. The largest absolute Gasteiger partial charge is 0.467 e. The number of hydrogen-bond donors (Lipinski definition) is 1. The van der Waals surface area contributed by atoms with Gasteiger partial charge in [0.25, 0.3) is 5.91 Å². The summed E-state index contributed by atoms with van der Waals surface area (Å²) in [7, 11) is 1.32. The van der Waals surface area contributed by atoms with Gasteiger partial charge in [0.1, 0.15) is 6.04 Å². The van der Waals surface area contributed by atoms with Crippen LogP contribution in [0.5, 0.6) is 0 Å².